The Kier molecular flexibility index (Phi) is 1.67. The Morgan fingerprint density at radius 3 is 3.08 bits per heavy atom. The van der Waals surface area contributed by atoms with Crippen LogP contribution in [0, 0.1) is 10.1 Å². The van der Waals surface area contributed by atoms with E-state index in [-0.39, 0.29) is 20.2 Å². The van der Waals surface area contributed by atoms with Crippen LogP contribution >= 0.6 is 0 Å². The van der Waals surface area contributed by atoms with Crippen LogP contribution in [0.25, 0.3) is 9.78 Å². The molecule has 0 aliphatic rings. The van der Waals surface area contributed by atoms with E-state index in [1.807, 2.05) is 6.07 Å². The summed E-state index contributed by atoms with van der Waals surface area (Å²) >= 11 is 0.182. The maximum absolute atomic E-state index is 10.5. The van der Waals surface area contributed by atoms with E-state index < -0.39 is 4.92 Å². The Hall–Kier alpha value is -1.19. The second kappa shape index (κ2) is 2.69. The molecule has 2 aromatic rings. The Bertz CT molecular complexity index is 438. The van der Waals surface area contributed by atoms with Crippen molar-refractivity contribution in [2.45, 2.75) is 0 Å². The van der Waals surface area contributed by atoms with Gasteiger partial charge in [0.25, 0.3) is 0 Å². The fraction of sp³-hybridized carbons (Fsp3) is 0. The molecular weight excluding hydrogens is 223 g/mol. The summed E-state index contributed by atoms with van der Waals surface area (Å²) in [7, 11) is 0. The summed E-state index contributed by atoms with van der Waals surface area (Å²) in [5.41, 5.74) is 0.658. The van der Waals surface area contributed by atoms with Crippen molar-refractivity contribution in [1.29, 1.82) is 0 Å². The average molecular weight is 227 g/mol. The van der Waals surface area contributed by atoms with Crippen molar-refractivity contribution >= 4 is 30.0 Å². The quantitative estimate of drug-likeness (QED) is 0.418. The molecule has 5 heteroatoms. The van der Waals surface area contributed by atoms with Crippen molar-refractivity contribution in [2.75, 3.05) is 0 Å². The van der Waals surface area contributed by atoms with Crippen LogP contribution in [-0.4, -0.2) is 24.4 Å². The number of hydrogen-bond donors (Lipinski definition) is 0. The van der Waals surface area contributed by atoms with E-state index in [0.29, 0.717) is 5.52 Å². The van der Waals surface area contributed by atoms with Gasteiger partial charge in [-0.25, -0.2) is 0 Å². The van der Waals surface area contributed by atoms with Crippen LogP contribution in [0.15, 0.2) is 23.3 Å². The molecule has 0 unspecified atom stereocenters. The van der Waals surface area contributed by atoms with E-state index >= 15 is 0 Å². The number of hydrogen-bond acceptors (Lipinski definition) is 3. The summed E-state index contributed by atoms with van der Waals surface area (Å²) in [6, 6.07) is 5.07. The van der Waals surface area contributed by atoms with E-state index in [1.165, 1.54) is 6.07 Å². The third-order valence-corrected chi connectivity index (χ3v) is 3.20. The van der Waals surface area contributed by atoms with Gasteiger partial charge in [-0.2, -0.15) is 0 Å². The molecule has 0 fully saturated rings. The first-order valence-corrected chi connectivity index (χ1v) is 5.10. The molecule has 1 aromatic heterocycles. The standard InChI is InChI=1S/C7H4N2O2Se/c10-9(11)5-2-1-3-6-7(5)8-4-12-6/h1-4H. The van der Waals surface area contributed by atoms with Crippen molar-refractivity contribution in [1.82, 2.24) is 4.98 Å². The summed E-state index contributed by atoms with van der Waals surface area (Å²) in [5, 5.41) is 12.3. The van der Waals surface area contributed by atoms with Crippen LogP contribution < -0.4 is 0 Å². The average Bonchev–Trinajstić information content (AvgIpc) is 2.49. The zero-order chi connectivity index (χ0) is 8.55. The molecule has 1 heterocycles. The Labute approximate surface area is 73.7 Å². The fourth-order valence-corrected chi connectivity index (χ4v) is 2.48. The van der Waals surface area contributed by atoms with Gasteiger partial charge in [0, 0.05) is 0 Å². The van der Waals surface area contributed by atoms with Gasteiger partial charge in [0.15, 0.2) is 0 Å². The van der Waals surface area contributed by atoms with Gasteiger partial charge in [-0.3, -0.25) is 0 Å². The monoisotopic (exact) mass is 228 g/mol. The third kappa shape index (κ3) is 1.03. The molecule has 0 saturated heterocycles. The van der Waals surface area contributed by atoms with E-state index in [1.54, 1.807) is 11.1 Å². The first-order valence-electron chi connectivity index (χ1n) is 3.25. The SMILES string of the molecule is O=[N+]([O-])c1cccc2[se]cnc12. The van der Waals surface area contributed by atoms with E-state index in [2.05, 4.69) is 4.98 Å². The van der Waals surface area contributed by atoms with Gasteiger partial charge in [0.2, 0.25) is 0 Å². The number of nitrogens with zero attached hydrogens (tertiary/aromatic N) is 2. The molecule has 0 aliphatic heterocycles. The van der Waals surface area contributed by atoms with Crippen LogP contribution in [0.1, 0.15) is 0 Å². The van der Waals surface area contributed by atoms with E-state index in [4.69, 9.17) is 0 Å². The van der Waals surface area contributed by atoms with Crippen molar-refractivity contribution in [2.24, 2.45) is 0 Å². The van der Waals surface area contributed by atoms with Crippen molar-refractivity contribution in [3.05, 3.63) is 33.4 Å². The minimum absolute atomic E-state index is 0.114. The predicted molar refractivity (Wildman–Crippen MR) is 45.3 cm³/mol. The zero-order valence-electron chi connectivity index (χ0n) is 5.93. The third-order valence-electron chi connectivity index (χ3n) is 1.54. The molecule has 0 aliphatic carbocycles. The summed E-state index contributed by atoms with van der Waals surface area (Å²) < 4.78 is 0.997. The van der Waals surface area contributed by atoms with Gasteiger partial charge in [-0.1, -0.05) is 0 Å². The number of benzene rings is 1. The Balaban J connectivity index is 2.82. The van der Waals surface area contributed by atoms with Gasteiger partial charge in [0.05, 0.1) is 0 Å². The molecule has 1 aromatic carbocycles. The first kappa shape index (κ1) is 7.46. The molecule has 0 bridgehead atoms. The fourth-order valence-electron chi connectivity index (χ4n) is 1.02. The molecule has 0 saturated carbocycles. The van der Waals surface area contributed by atoms with Gasteiger partial charge in [0.1, 0.15) is 0 Å². The molecule has 0 amide bonds. The second-order valence-electron chi connectivity index (χ2n) is 2.23. The van der Waals surface area contributed by atoms with Crippen LogP contribution in [0.2, 0.25) is 0 Å². The normalized spacial score (nSPS) is 10.3. The van der Waals surface area contributed by atoms with Crippen molar-refractivity contribution in [3.63, 3.8) is 0 Å². The summed E-state index contributed by atoms with van der Waals surface area (Å²) in [5.74, 6) is 0. The van der Waals surface area contributed by atoms with Crippen LogP contribution in [0.4, 0.5) is 5.69 Å². The number of fused-ring (bicyclic) bond motifs is 1. The van der Waals surface area contributed by atoms with Gasteiger partial charge in [-0.15, -0.1) is 0 Å². The Morgan fingerprint density at radius 1 is 1.50 bits per heavy atom. The Morgan fingerprint density at radius 2 is 2.33 bits per heavy atom. The van der Waals surface area contributed by atoms with E-state index in [9.17, 15) is 10.1 Å². The summed E-state index contributed by atoms with van der Waals surface area (Å²) in [6.07, 6.45) is 0. The molecule has 60 valence electrons. The van der Waals surface area contributed by atoms with E-state index in [0.717, 1.165) is 4.26 Å². The van der Waals surface area contributed by atoms with Crippen LogP contribution in [0.5, 0.6) is 0 Å². The van der Waals surface area contributed by atoms with Crippen LogP contribution in [0.3, 0.4) is 0 Å². The molecule has 0 N–H and O–H groups in total. The second-order valence-corrected chi connectivity index (χ2v) is 4.09. The number of nitro benzene ring substituents is 1. The van der Waals surface area contributed by atoms with Crippen LogP contribution in [-0.2, 0) is 0 Å². The maximum atomic E-state index is 10.5. The zero-order valence-corrected chi connectivity index (χ0v) is 7.64. The topological polar surface area (TPSA) is 56.0 Å². The van der Waals surface area contributed by atoms with Gasteiger partial charge in [-0.05, 0) is 0 Å². The number of para-hydroxylation sites is 1. The summed E-state index contributed by atoms with van der Waals surface area (Å²) in [4.78, 5) is 14.1. The van der Waals surface area contributed by atoms with Crippen molar-refractivity contribution < 1.29 is 4.92 Å². The molecule has 0 spiro atoms. The molecule has 0 radical (unpaired) electrons. The number of non-ortho nitro benzene ring substituents is 1. The molecule has 0 atom stereocenters. The first-order chi connectivity index (χ1) is 5.79. The van der Waals surface area contributed by atoms with Gasteiger partial charge >= 0.3 is 73.3 Å². The molecule has 2 rings (SSSR count). The number of nitro groups is 1. The predicted octanol–water partition coefficient (Wildman–Crippen LogP) is 1.20. The van der Waals surface area contributed by atoms with Crippen molar-refractivity contribution in [3.8, 4) is 0 Å². The molecule has 12 heavy (non-hydrogen) atoms. The number of aromatic nitrogens is 1. The number of rotatable bonds is 1. The minimum atomic E-state index is -0.391. The molecule has 4 nitrogen and oxygen atoms in total. The summed E-state index contributed by atoms with van der Waals surface area (Å²) in [6.45, 7) is 0. The van der Waals surface area contributed by atoms with Gasteiger partial charge < -0.3 is 0 Å². The molecular formula is C7H4N2O2Se.